The van der Waals surface area contributed by atoms with Gasteiger partial charge < -0.3 is 15.4 Å². The molecule has 0 saturated heterocycles. The smallest absolute Gasteiger partial charge is 0.341 e. The Morgan fingerprint density at radius 3 is 2.61 bits per heavy atom. The van der Waals surface area contributed by atoms with E-state index < -0.39 is 5.97 Å². The molecular formula is C19H27ClN4O3S. The molecule has 2 aromatic heterocycles. The van der Waals surface area contributed by atoms with Crippen molar-refractivity contribution in [3.8, 4) is 0 Å². The summed E-state index contributed by atoms with van der Waals surface area (Å²) in [5.41, 5.74) is 1.21. The highest BCUT2D eigenvalue weighted by Gasteiger charge is 2.42. The van der Waals surface area contributed by atoms with E-state index in [-0.39, 0.29) is 36.0 Å². The van der Waals surface area contributed by atoms with Crippen molar-refractivity contribution in [2.24, 2.45) is 7.05 Å². The van der Waals surface area contributed by atoms with Gasteiger partial charge in [0.2, 0.25) is 0 Å². The van der Waals surface area contributed by atoms with Gasteiger partial charge in [-0.05, 0) is 52.7 Å². The van der Waals surface area contributed by atoms with E-state index in [4.69, 9.17) is 4.74 Å². The summed E-state index contributed by atoms with van der Waals surface area (Å²) in [6, 6.07) is 1.64. The number of thiophene rings is 1. The zero-order chi connectivity index (χ0) is 20.0. The lowest BCUT2D eigenvalue weighted by Gasteiger charge is -2.42. The third-order valence-corrected chi connectivity index (χ3v) is 5.97. The van der Waals surface area contributed by atoms with Crippen molar-refractivity contribution in [3.05, 3.63) is 34.0 Å². The average Bonchev–Trinajstić information content (AvgIpc) is 3.10. The first-order valence-corrected chi connectivity index (χ1v) is 9.79. The molecule has 2 aromatic rings. The second kappa shape index (κ2) is 7.85. The van der Waals surface area contributed by atoms with Crippen molar-refractivity contribution in [1.29, 1.82) is 0 Å². The Morgan fingerprint density at radius 2 is 2.04 bits per heavy atom. The van der Waals surface area contributed by atoms with Crippen LogP contribution in [0.1, 0.15) is 65.9 Å². The van der Waals surface area contributed by atoms with E-state index in [0.29, 0.717) is 22.7 Å². The Labute approximate surface area is 175 Å². The van der Waals surface area contributed by atoms with Gasteiger partial charge in [0.15, 0.2) is 5.69 Å². The third kappa shape index (κ3) is 4.24. The summed E-state index contributed by atoms with van der Waals surface area (Å²) in [7, 11) is 1.75. The highest BCUT2D eigenvalue weighted by molar-refractivity contribution is 7.17. The lowest BCUT2D eigenvalue weighted by atomic mass is 9.81. The van der Waals surface area contributed by atoms with Crippen LogP contribution in [-0.4, -0.2) is 33.8 Å². The van der Waals surface area contributed by atoms with Gasteiger partial charge in [0.25, 0.3) is 5.91 Å². The number of hydrogen-bond acceptors (Lipinski definition) is 6. The molecule has 0 spiro atoms. The van der Waals surface area contributed by atoms with Gasteiger partial charge in [-0.2, -0.15) is 5.10 Å². The van der Waals surface area contributed by atoms with Crippen LogP contribution in [0, 0.1) is 0 Å². The van der Waals surface area contributed by atoms with Crippen LogP contribution in [-0.2, 0) is 23.7 Å². The van der Waals surface area contributed by atoms with E-state index in [1.807, 2.05) is 0 Å². The normalized spacial score (nSPS) is 16.6. The van der Waals surface area contributed by atoms with Crippen LogP contribution in [0.5, 0.6) is 0 Å². The minimum Gasteiger partial charge on any atom is -0.462 e. The number of halogens is 1. The molecule has 3 heterocycles. The van der Waals surface area contributed by atoms with E-state index in [1.54, 1.807) is 30.9 Å². The number of amides is 1. The topological polar surface area (TPSA) is 85.2 Å². The van der Waals surface area contributed by atoms with Crippen LogP contribution in [0.2, 0.25) is 0 Å². The summed E-state index contributed by atoms with van der Waals surface area (Å²) in [5, 5.41) is 11.1. The molecule has 0 atom stereocenters. The van der Waals surface area contributed by atoms with Crippen molar-refractivity contribution in [2.45, 2.75) is 52.1 Å². The van der Waals surface area contributed by atoms with Crippen molar-refractivity contribution in [3.63, 3.8) is 0 Å². The molecule has 0 bridgehead atoms. The molecule has 1 aliphatic heterocycles. The van der Waals surface area contributed by atoms with Crippen LogP contribution < -0.4 is 10.6 Å². The number of carbonyl (C=O) groups is 2. The van der Waals surface area contributed by atoms with Gasteiger partial charge in [-0.1, -0.05) is 0 Å². The monoisotopic (exact) mass is 426 g/mol. The number of anilines is 1. The SMILES string of the molecule is CCOC(=O)c1c(NC(=O)c2ccn(C)n2)sc2c1CC(C)(C)NC2(C)C.Cl. The molecule has 0 fully saturated rings. The second-order valence-electron chi connectivity index (χ2n) is 7.97. The number of carbonyl (C=O) groups excluding carboxylic acids is 2. The third-order valence-electron chi connectivity index (χ3n) is 4.50. The number of fused-ring (bicyclic) bond motifs is 1. The quantitative estimate of drug-likeness (QED) is 0.731. The van der Waals surface area contributed by atoms with Crippen LogP contribution in [0.25, 0.3) is 0 Å². The lowest BCUT2D eigenvalue weighted by Crippen LogP contribution is -2.55. The number of hydrogen-bond donors (Lipinski definition) is 2. The van der Waals surface area contributed by atoms with Crippen molar-refractivity contribution >= 4 is 40.6 Å². The standard InChI is InChI=1S/C19H26N4O3S.ClH/c1-7-26-17(25)13-11-10-18(2,3)22-19(4,5)14(11)27-16(13)20-15(24)12-8-9-23(6)21-12;/h8-9,22H,7,10H2,1-6H3,(H,20,24);1H. The molecule has 0 radical (unpaired) electrons. The predicted octanol–water partition coefficient (Wildman–Crippen LogP) is 3.49. The Morgan fingerprint density at radius 1 is 1.36 bits per heavy atom. The fraction of sp³-hybridized carbons (Fsp3) is 0.526. The molecule has 28 heavy (non-hydrogen) atoms. The number of ether oxygens (including phenoxy) is 1. The highest BCUT2D eigenvalue weighted by atomic mass is 35.5. The van der Waals surface area contributed by atoms with Gasteiger partial charge in [0, 0.05) is 29.2 Å². The molecule has 9 heteroatoms. The number of rotatable bonds is 4. The Bertz CT molecular complexity index is 901. The van der Waals surface area contributed by atoms with E-state index in [2.05, 4.69) is 43.4 Å². The van der Waals surface area contributed by atoms with E-state index in [9.17, 15) is 9.59 Å². The minimum absolute atomic E-state index is 0. The molecule has 0 aromatic carbocycles. The molecule has 0 saturated carbocycles. The molecular weight excluding hydrogens is 400 g/mol. The second-order valence-corrected chi connectivity index (χ2v) is 8.99. The predicted molar refractivity (Wildman–Crippen MR) is 113 cm³/mol. The summed E-state index contributed by atoms with van der Waals surface area (Å²) in [6.07, 6.45) is 2.38. The van der Waals surface area contributed by atoms with Crippen LogP contribution in [0.15, 0.2) is 12.3 Å². The molecule has 7 nitrogen and oxygen atoms in total. The summed E-state index contributed by atoms with van der Waals surface area (Å²) >= 11 is 1.42. The molecule has 2 N–H and O–H groups in total. The highest BCUT2D eigenvalue weighted by Crippen LogP contribution is 2.45. The summed E-state index contributed by atoms with van der Waals surface area (Å²) < 4.78 is 6.86. The molecule has 1 aliphatic rings. The zero-order valence-corrected chi connectivity index (χ0v) is 18.6. The molecule has 3 rings (SSSR count). The fourth-order valence-electron chi connectivity index (χ4n) is 3.74. The largest absolute Gasteiger partial charge is 0.462 e. The average molecular weight is 427 g/mol. The molecule has 154 valence electrons. The van der Waals surface area contributed by atoms with E-state index in [1.165, 1.54) is 11.3 Å². The first kappa shape index (κ1) is 22.4. The molecule has 0 aliphatic carbocycles. The first-order chi connectivity index (χ1) is 12.5. The number of esters is 1. The maximum atomic E-state index is 12.7. The maximum absolute atomic E-state index is 12.7. The number of aromatic nitrogens is 2. The Hall–Kier alpha value is -1.90. The van der Waals surface area contributed by atoms with Crippen LogP contribution in [0.4, 0.5) is 5.00 Å². The first-order valence-electron chi connectivity index (χ1n) is 8.97. The number of nitrogens with zero attached hydrogens (tertiary/aromatic N) is 2. The molecule has 1 amide bonds. The van der Waals surface area contributed by atoms with Crippen LogP contribution in [0.3, 0.4) is 0 Å². The van der Waals surface area contributed by atoms with Crippen molar-refractivity contribution < 1.29 is 14.3 Å². The van der Waals surface area contributed by atoms with Gasteiger partial charge in [0.05, 0.1) is 12.2 Å². The van der Waals surface area contributed by atoms with Gasteiger partial charge in [0.1, 0.15) is 5.00 Å². The zero-order valence-electron chi connectivity index (χ0n) is 17.0. The lowest BCUT2D eigenvalue weighted by molar-refractivity contribution is 0.0526. The Kier molecular flexibility index (Phi) is 6.28. The number of nitrogens with one attached hydrogen (secondary N) is 2. The summed E-state index contributed by atoms with van der Waals surface area (Å²) in [6.45, 7) is 10.4. The van der Waals surface area contributed by atoms with Crippen molar-refractivity contribution in [2.75, 3.05) is 11.9 Å². The van der Waals surface area contributed by atoms with Gasteiger partial charge in [-0.25, -0.2) is 4.79 Å². The van der Waals surface area contributed by atoms with Gasteiger partial charge in [-0.3, -0.25) is 9.48 Å². The minimum atomic E-state index is -0.403. The van der Waals surface area contributed by atoms with Crippen LogP contribution >= 0.6 is 23.7 Å². The summed E-state index contributed by atoms with van der Waals surface area (Å²) in [5.74, 6) is -0.746. The maximum Gasteiger partial charge on any atom is 0.341 e. The van der Waals surface area contributed by atoms with Crippen molar-refractivity contribution in [1.82, 2.24) is 15.1 Å². The van der Waals surface area contributed by atoms with Gasteiger partial charge >= 0.3 is 5.97 Å². The van der Waals surface area contributed by atoms with E-state index >= 15 is 0 Å². The summed E-state index contributed by atoms with van der Waals surface area (Å²) in [4.78, 5) is 26.4. The molecule has 0 unspecified atom stereocenters. The van der Waals surface area contributed by atoms with Gasteiger partial charge in [-0.15, -0.1) is 23.7 Å². The Balaban J connectivity index is 0.00000280. The van der Waals surface area contributed by atoms with E-state index in [0.717, 1.165) is 10.4 Å². The number of aryl methyl sites for hydroxylation is 1. The fourth-order valence-corrected chi connectivity index (χ4v) is 5.00.